The average Bonchev–Trinajstić information content (AvgIpc) is 3.28. The molecule has 2 aromatic rings. The van der Waals surface area contributed by atoms with E-state index in [0.29, 0.717) is 6.42 Å². The van der Waals surface area contributed by atoms with Gasteiger partial charge in [0.15, 0.2) is 5.78 Å². The Morgan fingerprint density at radius 3 is 2.38 bits per heavy atom. The molecule has 37 heavy (non-hydrogen) atoms. The molecular formula is C32H41N3O2. The van der Waals surface area contributed by atoms with Crippen LogP contribution in [0.2, 0.25) is 0 Å². The molecule has 0 bridgehead atoms. The van der Waals surface area contributed by atoms with E-state index >= 15 is 0 Å². The smallest absolute Gasteiger partial charge is 0.239 e. The van der Waals surface area contributed by atoms with Gasteiger partial charge in [0, 0.05) is 23.7 Å². The Morgan fingerprint density at radius 2 is 1.70 bits per heavy atom. The number of anilines is 2. The van der Waals surface area contributed by atoms with Gasteiger partial charge in [-0.25, -0.2) is 0 Å². The van der Waals surface area contributed by atoms with Crippen LogP contribution in [0.15, 0.2) is 59.8 Å². The first-order chi connectivity index (χ1) is 17.5. The third-order valence-corrected chi connectivity index (χ3v) is 8.13. The van der Waals surface area contributed by atoms with Crippen molar-refractivity contribution in [3.05, 3.63) is 70.9 Å². The van der Waals surface area contributed by atoms with Crippen molar-refractivity contribution in [2.45, 2.75) is 90.6 Å². The molecule has 2 aliphatic carbocycles. The minimum absolute atomic E-state index is 0.0191. The number of rotatable bonds is 4. The lowest BCUT2D eigenvalue weighted by Crippen LogP contribution is -2.44. The van der Waals surface area contributed by atoms with E-state index in [0.717, 1.165) is 47.5 Å². The Hall–Kier alpha value is -3.08. The zero-order valence-corrected chi connectivity index (χ0v) is 23.0. The minimum Gasteiger partial charge on any atom is -0.357 e. The van der Waals surface area contributed by atoms with Gasteiger partial charge in [0.1, 0.15) is 0 Å². The van der Waals surface area contributed by atoms with Crippen molar-refractivity contribution in [3.63, 3.8) is 0 Å². The maximum atomic E-state index is 13.8. The van der Waals surface area contributed by atoms with Crippen LogP contribution in [0.25, 0.3) is 0 Å². The van der Waals surface area contributed by atoms with Gasteiger partial charge in [0.2, 0.25) is 5.91 Å². The van der Waals surface area contributed by atoms with Crippen LogP contribution in [0, 0.1) is 5.41 Å². The summed E-state index contributed by atoms with van der Waals surface area (Å²) in [6.07, 6.45) is 5.73. The van der Waals surface area contributed by atoms with E-state index in [9.17, 15) is 9.59 Å². The quantitative estimate of drug-likeness (QED) is 0.494. The topological polar surface area (TPSA) is 61.4 Å². The number of para-hydroxylation sites is 2. The fourth-order valence-electron chi connectivity index (χ4n) is 6.24. The molecule has 5 heteroatoms. The average molecular weight is 500 g/mol. The van der Waals surface area contributed by atoms with Gasteiger partial charge >= 0.3 is 0 Å². The molecule has 3 aliphatic rings. The molecule has 1 heterocycles. The van der Waals surface area contributed by atoms with E-state index in [4.69, 9.17) is 0 Å². The summed E-state index contributed by atoms with van der Waals surface area (Å²) >= 11 is 0. The van der Waals surface area contributed by atoms with Crippen LogP contribution in [0.3, 0.4) is 0 Å². The summed E-state index contributed by atoms with van der Waals surface area (Å²) in [5.41, 5.74) is 5.89. The monoisotopic (exact) mass is 499 g/mol. The minimum atomic E-state index is -0.335. The van der Waals surface area contributed by atoms with Crippen molar-refractivity contribution >= 4 is 23.1 Å². The lowest BCUT2D eigenvalue weighted by molar-refractivity contribution is -0.121. The number of amides is 1. The van der Waals surface area contributed by atoms with E-state index in [1.807, 2.05) is 12.1 Å². The van der Waals surface area contributed by atoms with E-state index in [1.54, 1.807) is 0 Å². The Labute approximate surface area is 221 Å². The highest BCUT2D eigenvalue weighted by atomic mass is 16.2. The molecule has 0 radical (unpaired) electrons. The number of Topliss-reactive ketones (excluding diaryl/α,β-unsaturated/α-hetero) is 1. The van der Waals surface area contributed by atoms with Crippen LogP contribution in [0.4, 0.5) is 11.4 Å². The van der Waals surface area contributed by atoms with Crippen LogP contribution in [-0.2, 0) is 15.0 Å². The van der Waals surface area contributed by atoms with Crippen molar-refractivity contribution in [1.82, 2.24) is 5.32 Å². The molecular weight excluding hydrogens is 458 g/mol. The van der Waals surface area contributed by atoms with Crippen LogP contribution >= 0.6 is 0 Å². The van der Waals surface area contributed by atoms with Gasteiger partial charge in [-0.05, 0) is 53.4 Å². The van der Waals surface area contributed by atoms with E-state index in [1.165, 1.54) is 18.4 Å². The summed E-state index contributed by atoms with van der Waals surface area (Å²) in [5.74, 6) is 0.184. The van der Waals surface area contributed by atoms with Gasteiger partial charge < -0.3 is 15.5 Å². The first-order valence-electron chi connectivity index (χ1n) is 13.8. The number of hydrogen-bond acceptors (Lipinski definition) is 4. The predicted octanol–water partition coefficient (Wildman–Crippen LogP) is 6.66. The molecule has 1 unspecified atom stereocenters. The highest BCUT2D eigenvalue weighted by molar-refractivity contribution is 6.01. The largest absolute Gasteiger partial charge is 0.357 e. The predicted molar refractivity (Wildman–Crippen MR) is 151 cm³/mol. The van der Waals surface area contributed by atoms with E-state index < -0.39 is 0 Å². The number of fused-ring (bicyclic) bond motifs is 1. The number of carbonyl (C=O) groups is 2. The SMILES string of the molecule is CC1(C)CC(=O)C2=C(C1)Nc1ccccc1N(CC(=O)NC1CCCC1)C2c1ccc(C(C)(C)C)cc1. The van der Waals surface area contributed by atoms with Crippen molar-refractivity contribution in [1.29, 1.82) is 0 Å². The molecule has 1 aliphatic heterocycles. The summed E-state index contributed by atoms with van der Waals surface area (Å²) in [5, 5.41) is 6.92. The molecule has 1 amide bonds. The molecule has 2 aromatic carbocycles. The Balaban J connectivity index is 1.63. The van der Waals surface area contributed by atoms with E-state index in [2.05, 4.69) is 86.6 Å². The van der Waals surface area contributed by atoms with Gasteiger partial charge in [0.25, 0.3) is 0 Å². The second-order valence-corrected chi connectivity index (χ2v) is 12.9. The summed E-state index contributed by atoms with van der Waals surface area (Å²) in [4.78, 5) is 29.4. The summed E-state index contributed by atoms with van der Waals surface area (Å²) < 4.78 is 0. The van der Waals surface area contributed by atoms with Gasteiger partial charge in [-0.15, -0.1) is 0 Å². The number of ketones is 1. The van der Waals surface area contributed by atoms with Crippen molar-refractivity contribution in [3.8, 4) is 0 Å². The molecule has 1 saturated carbocycles. The van der Waals surface area contributed by atoms with Crippen LogP contribution in [-0.4, -0.2) is 24.3 Å². The second kappa shape index (κ2) is 9.66. The molecule has 0 spiro atoms. The van der Waals surface area contributed by atoms with Gasteiger partial charge in [0.05, 0.1) is 24.0 Å². The third kappa shape index (κ3) is 5.32. The molecule has 5 nitrogen and oxygen atoms in total. The fourth-order valence-corrected chi connectivity index (χ4v) is 6.24. The van der Waals surface area contributed by atoms with Gasteiger partial charge in [-0.3, -0.25) is 9.59 Å². The maximum Gasteiger partial charge on any atom is 0.239 e. The summed E-state index contributed by atoms with van der Waals surface area (Å²) in [7, 11) is 0. The number of hydrogen-bond donors (Lipinski definition) is 2. The van der Waals surface area contributed by atoms with Crippen molar-refractivity contribution < 1.29 is 9.59 Å². The Kier molecular flexibility index (Phi) is 6.68. The lowest BCUT2D eigenvalue weighted by Gasteiger charge is -2.38. The normalized spacial score (nSPS) is 21.7. The number of carbonyl (C=O) groups excluding carboxylic acids is 2. The second-order valence-electron chi connectivity index (χ2n) is 12.9. The maximum absolute atomic E-state index is 13.8. The number of benzene rings is 2. The van der Waals surface area contributed by atoms with Crippen LogP contribution < -0.4 is 15.5 Å². The van der Waals surface area contributed by atoms with Gasteiger partial charge in [-0.1, -0.05) is 83.9 Å². The molecule has 2 N–H and O–H groups in total. The van der Waals surface area contributed by atoms with Gasteiger partial charge in [-0.2, -0.15) is 0 Å². The number of nitrogens with one attached hydrogen (secondary N) is 2. The zero-order valence-electron chi connectivity index (χ0n) is 23.0. The van der Waals surface area contributed by atoms with Crippen molar-refractivity contribution in [2.24, 2.45) is 5.41 Å². The Morgan fingerprint density at radius 1 is 1.03 bits per heavy atom. The first-order valence-corrected chi connectivity index (χ1v) is 13.8. The molecule has 196 valence electrons. The highest BCUT2D eigenvalue weighted by Crippen LogP contribution is 2.48. The zero-order chi connectivity index (χ0) is 26.4. The van der Waals surface area contributed by atoms with Crippen LogP contribution in [0.1, 0.15) is 90.3 Å². The summed E-state index contributed by atoms with van der Waals surface area (Å²) in [6.45, 7) is 11.1. The fraction of sp³-hybridized carbons (Fsp3) is 0.500. The van der Waals surface area contributed by atoms with Crippen LogP contribution in [0.5, 0.6) is 0 Å². The molecule has 1 fully saturated rings. The molecule has 0 aromatic heterocycles. The molecule has 0 saturated heterocycles. The Bertz CT molecular complexity index is 1210. The molecule has 1 atom stereocenters. The number of allylic oxidation sites excluding steroid dienone is 1. The molecule has 5 rings (SSSR count). The van der Waals surface area contributed by atoms with E-state index in [-0.39, 0.29) is 41.1 Å². The highest BCUT2D eigenvalue weighted by Gasteiger charge is 2.42. The third-order valence-electron chi connectivity index (χ3n) is 8.13. The summed E-state index contributed by atoms with van der Waals surface area (Å²) in [6, 6.07) is 16.7. The standard InChI is InChI=1S/C32H41N3O2/c1-31(2,3)22-16-14-21(15-17-22)30-29-25(18-32(4,5)19-27(29)36)34-24-12-8-9-13-26(24)35(30)20-28(37)33-23-10-6-7-11-23/h8-9,12-17,23,30,34H,6-7,10-11,18-20H2,1-5H3,(H,33,37). The first kappa shape index (κ1) is 25.6. The number of nitrogens with zero attached hydrogens (tertiary/aromatic N) is 1. The van der Waals surface area contributed by atoms with Crippen molar-refractivity contribution in [2.75, 3.05) is 16.8 Å². The lowest BCUT2D eigenvalue weighted by atomic mass is 9.73.